The highest BCUT2D eigenvalue weighted by molar-refractivity contribution is 5.42. The van der Waals surface area contributed by atoms with Gasteiger partial charge in [-0.05, 0) is 49.4 Å². The van der Waals surface area contributed by atoms with Crippen molar-refractivity contribution < 1.29 is 9.47 Å². The Morgan fingerprint density at radius 1 is 0.250 bits per heavy atom. The second kappa shape index (κ2) is 5.07. The van der Waals surface area contributed by atoms with Crippen LogP contribution in [0, 0.1) is 43.3 Å². The Morgan fingerprint density at radius 2 is 0.438 bits per heavy atom. The maximum Gasteiger partial charge on any atom is 0.101 e. The van der Waals surface area contributed by atoms with Crippen LogP contribution < -0.4 is 0 Å². The van der Waals surface area contributed by atoms with Crippen molar-refractivity contribution in [3.63, 3.8) is 0 Å². The predicted octanol–water partition coefficient (Wildman–Crippen LogP) is 8.28. The van der Waals surface area contributed by atoms with Crippen LogP contribution in [0.1, 0.15) is 125 Å². The summed E-state index contributed by atoms with van der Waals surface area (Å²) in [6.07, 6.45) is 0. The molecule has 2 saturated heterocycles. The standard InChI is InChI=1S/C30H54O2/c1-19(2)21(5,6)27(15)29(17,31-27)23(9,10)25(19,13)26(14)20(3,4)22(7,8)28(16)30(18,32-28)24(26,11)12/h1-18H3. The monoisotopic (exact) mass is 446 g/mol. The van der Waals surface area contributed by atoms with Gasteiger partial charge >= 0.3 is 0 Å². The van der Waals surface area contributed by atoms with Gasteiger partial charge < -0.3 is 9.47 Å². The number of ether oxygens (including phenoxy) is 2. The third kappa shape index (κ3) is 1.60. The minimum absolute atomic E-state index is 0.00436. The molecule has 32 heavy (non-hydrogen) atoms. The quantitative estimate of drug-likeness (QED) is 0.379. The SMILES string of the molecule is CC1(C)C(C)(C)C(C)(C2(C)C(C)(C)C(C)(C)C3(C)OC3(C)C2(C)C)C(C)(C)C2(C)OC12C. The summed E-state index contributed by atoms with van der Waals surface area (Å²) < 4.78 is 13.8. The Bertz CT molecular complexity index is 832. The Kier molecular flexibility index (Phi) is 3.96. The Balaban J connectivity index is 2.15. The molecular formula is C30H54O2. The van der Waals surface area contributed by atoms with Crippen molar-refractivity contribution in [3.05, 3.63) is 0 Å². The third-order valence-corrected chi connectivity index (χ3v) is 16.4. The summed E-state index contributed by atoms with van der Waals surface area (Å²) in [7, 11) is 0. The molecular weight excluding hydrogens is 392 g/mol. The number of hydrogen-bond donors (Lipinski definition) is 0. The van der Waals surface area contributed by atoms with Gasteiger partial charge in [-0.1, -0.05) is 96.9 Å². The van der Waals surface area contributed by atoms with Gasteiger partial charge in [-0.2, -0.15) is 0 Å². The number of rotatable bonds is 1. The van der Waals surface area contributed by atoms with E-state index in [2.05, 4.69) is 125 Å². The van der Waals surface area contributed by atoms with Gasteiger partial charge in [0.05, 0.1) is 0 Å². The second-order valence-electron chi connectivity index (χ2n) is 16.3. The molecule has 2 aliphatic carbocycles. The van der Waals surface area contributed by atoms with Crippen LogP contribution in [-0.4, -0.2) is 22.4 Å². The van der Waals surface area contributed by atoms with Crippen molar-refractivity contribution in [2.75, 3.05) is 0 Å². The molecule has 4 aliphatic rings. The van der Waals surface area contributed by atoms with Gasteiger partial charge in [0.1, 0.15) is 22.4 Å². The number of hydrogen-bond acceptors (Lipinski definition) is 2. The van der Waals surface area contributed by atoms with Gasteiger partial charge in [0.25, 0.3) is 0 Å². The molecule has 6 unspecified atom stereocenters. The fourth-order valence-electron chi connectivity index (χ4n) is 11.1. The summed E-state index contributed by atoms with van der Waals surface area (Å²) >= 11 is 0. The molecule has 2 heteroatoms. The lowest BCUT2D eigenvalue weighted by molar-refractivity contribution is -0.326. The minimum atomic E-state index is -0.168. The van der Waals surface area contributed by atoms with E-state index in [1.165, 1.54) is 0 Å². The smallest absolute Gasteiger partial charge is 0.101 e. The second-order valence-corrected chi connectivity index (χ2v) is 16.3. The lowest BCUT2D eigenvalue weighted by Gasteiger charge is -2.80. The molecule has 0 N–H and O–H groups in total. The lowest BCUT2D eigenvalue weighted by Crippen LogP contribution is -2.80. The molecule has 2 heterocycles. The molecule has 0 aromatic heterocycles. The minimum Gasteiger partial charge on any atom is -0.362 e. The van der Waals surface area contributed by atoms with E-state index in [-0.39, 0.29) is 65.7 Å². The summed E-state index contributed by atoms with van der Waals surface area (Å²) in [5.74, 6) is 0. The molecule has 0 aromatic rings. The third-order valence-electron chi connectivity index (χ3n) is 16.4. The molecule has 2 nitrogen and oxygen atoms in total. The van der Waals surface area contributed by atoms with Crippen LogP contribution in [0.4, 0.5) is 0 Å². The topological polar surface area (TPSA) is 25.1 Å². The molecule has 0 amide bonds. The maximum absolute atomic E-state index is 6.89. The van der Waals surface area contributed by atoms with Crippen molar-refractivity contribution in [1.82, 2.24) is 0 Å². The van der Waals surface area contributed by atoms with Crippen molar-refractivity contribution in [2.45, 2.75) is 147 Å². The molecule has 186 valence electrons. The van der Waals surface area contributed by atoms with Crippen molar-refractivity contribution in [2.24, 2.45) is 43.3 Å². The zero-order valence-electron chi connectivity index (χ0n) is 24.8. The van der Waals surface area contributed by atoms with E-state index in [0.717, 1.165) is 0 Å². The van der Waals surface area contributed by atoms with Crippen molar-refractivity contribution in [1.29, 1.82) is 0 Å². The summed E-state index contributed by atoms with van der Waals surface area (Å²) in [4.78, 5) is 0. The highest BCUT2D eigenvalue weighted by atomic mass is 16.6. The zero-order valence-corrected chi connectivity index (χ0v) is 24.8. The highest BCUT2D eigenvalue weighted by Crippen LogP contribution is 2.92. The van der Waals surface area contributed by atoms with E-state index in [0.29, 0.717) is 0 Å². The van der Waals surface area contributed by atoms with Crippen LogP contribution in [0.2, 0.25) is 0 Å². The molecule has 0 bridgehead atoms. The van der Waals surface area contributed by atoms with E-state index >= 15 is 0 Å². The van der Waals surface area contributed by atoms with E-state index in [1.54, 1.807) is 0 Å². The molecule has 6 atom stereocenters. The average Bonchev–Trinajstić information content (AvgIpc) is 3.43. The van der Waals surface area contributed by atoms with Gasteiger partial charge in [-0.25, -0.2) is 0 Å². The first kappa shape index (κ1) is 25.0. The van der Waals surface area contributed by atoms with E-state index in [1.807, 2.05) is 0 Å². The highest BCUT2D eigenvalue weighted by Gasteiger charge is 2.95. The first-order valence-electron chi connectivity index (χ1n) is 13.1. The first-order valence-corrected chi connectivity index (χ1v) is 13.1. The average molecular weight is 447 g/mol. The van der Waals surface area contributed by atoms with E-state index < -0.39 is 0 Å². The first-order chi connectivity index (χ1) is 13.7. The fourth-order valence-corrected chi connectivity index (χ4v) is 11.1. The summed E-state index contributed by atoms with van der Waals surface area (Å²) in [6.45, 7) is 45.0. The predicted molar refractivity (Wildman–Crippen MR) is 135 cm³/mol. The van der Waals surface area contributed by atoms with E-state index in [4.69, 9.17) is 9.47 Å². The summed E-state index contributed by atoms with van der Waals surface area (Å²) in [5.41, 5.74) is -0.778. The molecule has 0 radical (unpaired) electrons. The molecule has 0 aromatic carbocycles. The Morgan fingerprint density at radius 3 is 0.656 bits per heavy atom. The number of epoxide rings is 2. The molecule has 0 spiro atoms. The van der Waals surface area contributed by atoms with Gasteiger partial charge in [0.15, 0.2) is 0 Å². The Hall–Kier alpha value is -0.0800. The normalized spacial score (nSPS) is 57.2. The van der Waals surface area contributed by atoms with Crippen LogP contribution in [-0.2, 0) is 9.47 Å². The van der Waals surface area contributed by atoms with Crippen molar-refractivity contribution in [3.8, 4) is 0 Å². The molecule has 2 saturated carbocycles. The molecule has 4 rings (SSSR count). The number of fused-ring (bicyclic) bond motifs is 2. The van der Waals surface area contributed by atoms with E-state index in [9.17, 15) is 0 Å². The molecule has 2 aliphatic heterocycles. The van der Waals surface area contributed by atoms with Crippen LogP contribution in [0.15, 0.2) is 0 Å². The van der Waals surface area contributed by atoms with Crippen LogP contribution in [0.5, 0.6) is 0 Å². The largest absolute Gasteiger partial charge is 0.362 e. The van der Waals surface area contributed by atoms with Crippen LogP contribution in [0.3, 0.4) is 0 Å². The summed E-state index contributed by atoms with van der Waals surface area (Å²) in [5, 5.41) is 0. The Labute approximate surface area is 200 Å². The lowest BCUT2D eigenvalue weighted by atomic mass is 9.21. The van der Waals surface area contributed by atoms with Crippen molar-refractivity contribution >= 4 is 0 Å². The van der Waals surface area contributed by atoms with Gasteiger partial charge in [-0.15, -0.1) is 0 Å². The molecule has 4 fully saturated rings. The van der Waals surface area contributed by atoms with Gasteiger partial charge in [-0.3, -0.25) is 0 Å². The van der Waals surface area contributed by atoms with Gasteiger partial charge in [0, 0.05) is 21.7 Å². The van der Waals surface area contributed by atoms with Gasteiger partial charge in [0.2, 0.25) is 0 Å². The summed E-state index contributed by atoms with van der Waals surface area (Å²) in [6, 6.07) is 0. The van der Waals surface area contributed by atoms with Crippen LogP contribution >= 0.6 is 0 Å². The zero-order chi connectivity index (χ0) is 25.4. The van der Waals surface area contributed by atoms with Crippen LogP contribution in [0.25, 0.3) is 0 Å². The fraction of sp³-hybridized carbons (Fsp3) is 1.00. The maximum atomic E-state index is 6.89.